The molecule has 198 valence electrons. The minimum atomic E-state index is -1.40. The molecule has 0 aliphatic heterocycles. The largest absolute Gasteiger partial charge is 0.508 e. The molecule has 0 aromatic heterocycles. The van der Waals surface area contributed by atoms with E-state index in [4.69, 9.17) is 21.7 Å². The van der Waals surface area contributed by atoms with Gasteiger partial charge in [0.1, 0.15) is 23.9 Å². The normalized spacial score (nSPS) is 13.9. The van der Waals surface area contributed by atoms with Crippen LogP contribution < -0.4 is 27.4 Å². The van der Waals surface area contributed by atoms with Gasteiger partial charge in [0, 0.05) is 19.3 Å². The van der Waals surface area contributed by atoms with Crippen molar-refractivity contribution in [2.75, 3.05) is 0 Å². The highest BCUT2D eigenvalue weighted by Crippen LogP contribution is 2.12. The van der Waals surface area contributed by atoms with Crippen LogP contribution in [0.15, 0.2) is 24.3 Å². The van der Waals surface area contributed by atoms with Gasteiger partial charge in [-0.05, 0) is 37.5 Å². The number of carboxylic acids is 2. The van der Waals surface area contributed by atoms with Crippen molar-refractivity contribution in [2.24, 2.45) is 11.5 Å². The predicted octanol–water partition coefficient (Wildman–Crippen LogP) is -2.05. The van der Waals surface area contributed by atoms with Crippen LogP contribution in [-0.4, -0.2) is 75.1 Å². The zero-order chi connectivity index (χ0) is 27.4. The van der Waals surface area contributed by atoms with E-state index in [0.717, 1.165) is 0 Å². The number of carbonyl (C=O) groups excluding carboxylic acids is 4. The SMILES string of the molecule is CC(NC(=O)C(Cc1ccc(O)cc1)NC(=O)C(CCC(=O)O)NC(=O)C(N)CCC(N)=O)C(=O)O. The third-order valence-electron chi connectivity index (χ3n) is 5.06. The fraction of sp³-hybridized carbons (Fsp3) is 0.455. The summed E-state index contributed by atoms with van der Waals surface area (Å²) in [5.41, 5.74) is 11.3. The van der Waals surface area contributed by atoms with Gasteiger partial charge in [-0.2, -0.15) is 0 Å². The Kier molecular flexibility index (Phi) is 11.8. The number of hydrogen-bond donors (Lipinski definition) is 8. The number of carboxylic acid groups (broad SMARTS) is 2. The molecule has 36 heavy (non-hydrogen) atoms. The van der Waals surface area contributed by atoms with E-state index in [1.807, 2.05) is 0 Å². The molecule has 0 bridgehead atoms. The second-order valence-corrected chi connectivity index (χ2v) is 8.11. The average Bonchev–Trinajstić information content (AvgIpc) is 2.80. The van der Waals surface area contributed by atoms with E-state index in [1.165, 1.54) is 31.2 Å². The van der Waals surface area contributed by atoms with Crippen LogP contribution in [0.25, 0.3) is 0 Å². The standard InChI is InChI=1S/C22H31N5O9/c1-11(22(35)36)25-21(34)16(10-12-2-4-13(28)5-3-12)27-20(33)15(7-9-18(30)31)26-19(32)14(23)6-8-17(24)29/h2-5,11,14-16,28H,6-10,23H2,1H3,(H2,24,29)(H,25,34)(H,26,32)(H,27,33)(H,30,31)(H,35,36). The second-order valence-electron chi connectivity index (χ2n) is 8.11. The Hall–Kier alpha value is -4.20. The Morgan fingerprint density at radius 3 is 1.92 bits per heavy atom. The number of hydrogen-bond acceptors (Lipinski definition) is 8. The van der Waals surface area contributed by atoms with Gasteiger partial charge in [-0.1, -0.05) is 12.1 Å². The van der Waals surface area contributed by atoms with Crippen LogP contribution in [0.2, 0.25) is 0 Å². The summed E-state index contributed by atoms with van der Waals surface area (Å²) >= 11 is 0. The Morgan fingerprint density at radius 1 is 0.833 bits per heavy atom. The van der Waals surface area contributed by atoms with Crippen LogP contribution in [0.4, 0.5) is 0 Å². The molecule has 0 heterocycles. The lowest BCUT2D eigenvalue weighted by atomic mass is 10.0. The number of benzene rings is 1. The number of aliphatic carboxylic acids is 2. The number of phenolic OH excluding ortho intramolecular Hbond substituents is 1. The summed E-state index contributed by atoms with van der Waals surface area (Å²) in [6.07, 6.45) is -1.24. The smallest absolute Gasteiger partial charge is 0.325 e. The molecule has 10 N–H and O–H groups in total. The summed E-state index contributed by atoms with van der Waals surface area (Å²) in [6.45, 7) is 1.23. The van der Waals surface area contributed by atoms with Crippen molar-refractivity contribution in [2.45, 2.75) is 63.2 Å². The first-order valence-electron chi connectivity index (χ1n) is 11.0. The van der Waals surface area contributed by atoms with Crippen molar-refractivity contribution in [1.29, 1.82) is 0 Å². The van der Waals surface area contributed by atoms with E-state index in [1.54, 1.807) is 0 Å². The van der Waals surface area contributed by atoms with Gasteiger partial charge in [0.15, 0.2) is 0 Å². The molecule has 4 atom stereocenters. The molecule has 14 heteroatoms. The van der Waals surface area contributed by atoms with Crippen molar-refractivity contribution in [3.8, 4) is 5.75 Å². The lowest BCUT2D eigenvalue weighted by molar-refractivity contribution is -0.141. The van der Waals surface area contributed by atoms with Crippen LogP contribution in [0.1, 0.15) is 38.2 Å². The Balaban J connectivity index is 3.08. The second kappa shape index (κ2) is 14.3. The molecule has 0 spiro atoms. The van der Waals surface area contributed by atoms with Crippen molar-refractivity contribution in [3.63, 3.8) is 0 Å². The monoisotopic (exact) mass is 509 g/mol. The van der Waals surface area contributed by atoms with Crippen molar-refractivity contribution >= 4 is 35.6 Å². The molecule has 4 amide bonds. The van der Waals surface area contributed by atoms with Crippen LogP contribution in [0.3, 0.4) is 0 Å². The number of carbonyl (C=O) groups is 6. The maximum atomic E-state index is 13.0. The summed E-state index contributed by atoms with van der Waals surface area (Å²) in [4.78, 5) is 71.2. The first kappa shape index (κ1) is 29.8. The third-order valence-corrected chi connectivity index (χ3v) is 5.06. The minimum absolute atomic E-state index is 0.0348. The van der Waals surface area contributed by atoms with E-state index < -0.39 is 66.2 Å². The number of nitrogens with two attached hydrogens (primary N) is 2. The number of aromatic hydroxyl groups is 1. The quantitative estimate of drug-likeness (QED) is 0.128. The zero-order valence-corrected chi connectivity index (χ0v) is 19.6. The molecule has 4 unspecified atom stereocenters. The Morgan fingerprint density at radius 2 is 1.39 bits per heavy atom. The fourth-order valence-corrected chi connectivity index (χ4v) is 2.97. The lowest BCUT2D eigenvalue weighted by Gasteiger charge is -2.24. The number of amides is 4. The highest BCUT2D eigenvalue weighted by Gasteiger charge is 2.30. The molecule has 0 aliphatic rings. The third kappa shape index (κ3) is 10.8. The molecule has 0 fully saturated rings. The molecular formula is C22H31N5O9. The van der Waals surface area contributed by atoms with Crippen LogP contribution >= 0.6 is 0 Å². The first-order chi connectivity index (χ1) is 16.8. The van der Waals surface area contributed by atoms with Gasteiger partial charge in [-0.3, -0.25) is 28.8 Å². The summed E-state index contributed by atoms with van der Waals surface area (Å²) in [5, 5.41) is 34.5. The van der Waals surface area contributed by atoms with Gasteiger partial charge in [0.2, 0.25) is 23.6 Å². The zero-order valence-electron chi connectivity index (χ0n) is 19.6. The van der Waals surface area contributed by atoms with Gasteiger partial charge >= 0.3 is 11.9 Å². The van der Waals surface area contributed by atoms with E-state index in [2.05, 4.69) is 16.0 Å². The minimum Gasteiger partial charge on any atom is -0.508 e. The molecule has 1 rings (SSSR count). The van der Waals surface area contributed by atoms with E-state index in [9.17, 15) is 33.9 Å². The van der Waals surface area contributed by atoms with E-state index in [-0.39, 0.29) is 31.4 Å². The van der Waals surface area contributed by atoms with E-state index in [0.29, 0.717) is 5.56 Å². The number of nitrogens with one attached hydrogen (secondary N) is 3. The highest BCUT2D eigenvalue weighted by atomic mass is 16.4. The maximum absolute atomic E-state index is 13.0. The summed E-state index contributed by atoms with van der Waals surface area (Å²) in [7, 11) is 0. The van der Waals surface area contributed by atoms with E-state index >= 15 is 0 Å². The highest BCUT2D eigenvalue weighted by molar-refractivity contribution is 5.94. The molecule has 0 aliphatic carbocycles. The number of phenols is 1. The molecule has 0 saturated heterocycles. The lowest BCUT2D eigenvalue weighted by Crippen LogP contribution is -2.57. The van der Waals surface area contributed by atoms with Gasteiger partial charge in [0.25, 0.3) is 0 Å². The Labute approximate surface area is 206 Å². The van der Waals surface area contributed by atoms with Gasteiger partial charge < -0.3 is 42.7 Å². The van der Waals surface area contributed by atoms with Crippen LogP contribution in [-0.2, 0) is 35.2 Å². The molecule has 0 saturated carbocycles. The van der Waals surface area contributed by atoms with Crippen LogP contribution in [0.5, 0.6) is 5.75 Å². The summed E-state index contributed by atoms with van der Waals surface area (Å²) in [6, 6.07) is 0.503. The van der Waals surface area contributed by atoms with Crippen molar-refractivity contribution < 1.29 is 44.1 Å². The molecule has 0 radical (unpaired) electrons. The first-order valence-corrected chi connectivity index (χ1v) is 11.0. The average molecular weight is 510 g/mol. The number of primary amides is 1. The Bertz CT molecular complexity index is 967. The van der Waals surface area contributed by atoms with Gasteiger partial charge in [0.05, 0.1) is 6.04 Å². The molecule has 1 aromatic rings. The van der Waals surface area contributed by atoms with Crippen molar-refractivity contribution in [1.82, 2.24) is 16.0 Å². The molecule has 1 aromatic carbocycles. The van der Waals surface area contributed by atoms with Gasteiger partial charge in [-0.25, -0.2) is 0 Å². The van der Waals surface area contributed by atoms with Crippen molar-refractivity contribution in [3.05, 3.63) is 29.8 Å². The number of rotatable bonds is 15. The summed E-state index contributed by atoms with van der Waals surface area (Å²) < 4.78 is 0. The molecule has 14 nitrogen and oxygen atoms in total. The molecular weight excluding hydrogens is 478 g/mol. The summed E-state index contributed by atoms with van der Waals surface area (Å²) in [5.74, 6) is -5.85. The fourth-order valence-electron chi connectivity index (χ4n) is 2.97. The van der Waals surface area contributed by atoms with Crippen LogP contribution in [0, 0.1) is 0 Å². The topological polar surface area (TPSA) is 251 Å². The predicted molar refractivity (Wildman–Crippen MR) is 124 cm³/mol. The van der Waals surface area contributed by atoms with Gasteiger partial charge in [-0.15, -0.1) is 0 Å². The maximum Gasteiger partial charge on any atom is 0.325 e.